The van der Waals surface area contributed by atoms with Crippen LogP contribution in [0.25, 0.3) is 22.4 Å². The number of nitrogen functional groups attached to an aromatic ring is 1. The quantitative estimate of drug-likeness (QED) is 0.579. The highest BCUT2D eigenvalue weighted by molar-refractivity contribution is 7.98. The second-order valence-corrected chi connectivity index (χ2v) is 6.41. The van der Waals surface area contributed by atoms with Crippen LogP contribution in [0.5, 0.6) is 0 Å². The van der Waals surface area contributed by atoms with Crippen LogP contribution in [0.1, 0.15) is 19.0 Å². The summed E-state index contributed by atoms with van der Waals surface area (Å²) in [6.07, 6.45) is 1.12. The molecule has 3 aromatic rings. The van der Waals surface area contributed by atoms with Crippen molar-refractivity contribution in [3.8, 4) is 11.4 Å². The third-order valence-electron chi connectivity index (χ3n) is 3.59. The zero-order valence-electron chi connectivity index (χ0n) is 13.1. The molecule has 0 amide bonds. The molecule has 0 radical (unpaired) electrons. The third-order valence-corrected chi connectivity index (χ3v) is 4.76. The number of nitrogens with two attached hydrogens (primary N) is 1. The van der Waals surface area contributed by atoms with Crippen molar-refractivity contribution >= 4 is 28.6 Å². The summed E-state index contributed by atoms with van der Waals surface area (Å²) in [7, 11) is 0. The predicted molar refractivity (Wildman–Crippen MR) is 95.3 cm³/mol. The highest BCUT2D eigenvalue weighted by Gasteiger charge is 2.20. The summed E-state index contributed by atoms with van der Waals surface area (Å²) in [5.41, 5.74) is 9.91. The molecule has 0 atom stereocenters. The molecular formula is C16H21N5OS. The van der Waals surface area contributed by atoms with E-state index in [-0.39, 0.29) is 6.61 Å². The van der Waals surface area contributed by atoms with Gasteiger partial charge in [-0.1, -0.05) is 19.1 Å². The number of H-pyrrole nitrogens is 1. The second-order valence-electron chi connectivity index (χ2n) is 5.31. The van der Waals surface area contributed by atoms with E-state index in [0.717, 1.165) is 46.0 Å². The van der Waals surface area contributed by atoms with E-state index in [0.29, 0.717) is 12.4 Å². The van der Waals surface area contributed by atoms with E-state index < -0.39 is 0 Å². The van der Waals surface area contributed by atoms with Crippen LogP contribution in [0.2, 0.25) is 0 Å². The monoisotopic (exact) mass is 331 g/mol. The van der Waals surface area contributed by atoms with Gasteiger partial charge in [0.1, 0.15) is 11.6 Å². The molecule has 7 heteroatoms. The molecule has 0 fully saturated rings. The standard InChI is InChI=1S/C16H21N5OS/c1-2-9-23-10-13-14(15(17)21(20-13)7-8-22)16-18-11-5-3-4-6-12(11)19-16/h3-6,22H,2,7-10,17H2,1H3,(H,18,19). The Morgan fingerprint density at radius 2 is 2.17 bits per heavy atom. The summed E-state index contributed by atoms with van der Waals surface area (Å²) in [4.78, 5) is 7.97. The van der Waals surface area contributed by atoms with E-state index >= 15 is 0 Å². The third kappa shape index (κ3) is 3.20. The van der Waals surface area contributed by atoms with Crippen LogP contribution in [0.4, 0.5) is 5.82 Å². The van der Waals surface area contributed by atoms with Crippen molar-refractivity contribution in [2.75, 3.05) is 18.1 Å². The minimum absolute atomic E-state index is 0.00694. The number of aliphatic hydroxyl groups excluding tert-OH is 1. The molecule has 6 nitrogen and oxygen atoms in total. The van der Waals surface area contributed by atoms with Gasteiger partial charge in [0, 0.05) is 5.75 Å². The lowest BCUT2D eigenvalue weighted by molar-refractivity contribution is 0.270. The van der Waals surface area contributed by atoms with Gasteiger partial charge in [-0.05, 0) is 24.3 Å². The summed E-state index contributed by atoms with van der Waals surface area (Å²) in [5.74, 6) is 3.14. The molecule has 0 saturated heterocycles. The Labute approximate surface area is 139 Å². The van der Waals surface area contributed by atoms with Gasteiger partial charge in [-0.15, -0.1) is 0 Å². The fourth-order valence-corrected chi connectivity index (χ4v) is 3.36. The average molecular weight is 331 g/mol. The number of rotatable bonds is 7. The maximum Gasteiger partial charge on any atom is 0.144 e. The molecule has 1 aromatic carbocycles. The number of aliphatic hydroxyl groups is 1. The van der Waals surface area contributed by atoms with Crippen LogP contribution in [-0.2, 0) is 12.3 Å². The number of benzene rings is 1. The van der Waals surface area contributed by atoms with Crippen molar-refractivity contribution in [1.82, 2.24) is 19.7 Å². The van der Waals surface area contributed by atoms with Crippen LogP contribution in [0.3, 0.4) is 0 Å². The molecule has 0 aliphatic heterocycles. The number of imidazole rings is 1. The van der Waals surface area contributed by atoms with E-state index in [2.05, 4.69) is 22.0 Å². The first-order chi connectivity index (χ1) is 11.2. The number of aromatic nitrogens is 4. The van der Waals surface area contributed by atoms with Crippen molar-refractivity contribution in [3.05, 3.63) is 30.0 Å². The number of para-hydroxylation sites is 2. The molecule has 0 unspecified atom stereocenters. The predicted octanol–water partition coefficient (Wildman–Crippen LogP) is 2.64. The number of fused-ring (bicyclic) bond motifs is 1. The number of hydrogen-bond acceptors (Lipinski definition) is 5. The van der Waals surface area contributed by atoms with E-state index in [1.165, 1.54) is 0 Å². The Bertz CT molecular complexity index is 762. The number of anilines is 1. The van der Waals surface area contributed by atoms with E-state index in [9.17, 15) is 5.11 Å². The molecule has 122 valence electrons. The molecule has 0 bridgehead atoms. The number of thioether (sulfide) groups is 1. The number of nitrogens with zero attached hydrogens (tertiary/aromatic N) is 3. The average Bonchev–Trinajstić information content (AvgIpc) is 3.09. The van der Waals surface area contributed by atoms with Gasteiger partial charge >= 0.3 is 0 Å². The minimum Gasteiger partial charge on any atom is -0.394 e. The van der Waals surface area contributed by atoms with Gasteiger partial charge < -0.3 is 15.8 Å². The SMILES string of the molecule is CCCSCc1nn(CCO)c(N)c1-c1nc2ccccc2[nH]1. The topological polar surface area (TPSA) is 92.8 Å². The fraction of sp³-hybridized carbons (Fsp3) is 0.375. The van der Waals surface area contributed by atoms with Gasteiger partial charge in [-0.2, -0.15) is 16.9 Å². The van der Waals surface area contributed by atoms with Crippen LogP contribution in [0, 0.1) is 0 Å². The van der Waals surface area contributed by atoms with Crippen molar-refractivity contribution in [2.24, 2.45) is 0 Å². The van der Waals surface area contributed by atoms with E-state index in [1.54, 1.807) is 4.68 Å². The first kappa shape index (κ1) is 15.9. The molecule has 0 aliphatic rings. The molecule has 23 heavy (non-hydrogen) atoms. The zero-order valence-corrected chi connectivity index (χ0v) is 13.9. The minimum atomic E-state index is 0.00694. The first-order valence-corrected chi connectivity index (χ1v) is 8.89. The molecular weight excluding hydrogens is 310 g/mol. The van der Waals surface area contributed by atoms with Gasteiger partial charge in [-0.25, -0.2) is 9.67 Å². The largest absolute Gasteiger partial charge is 0.394 e. The number of aromatic amines is 1. The van der Waals surface area contributed by atoms with Crippen molar-refractivity contribution in [3.63, 3.8) is 0 Å². The lowest BCUT2D eigenvalue weighted by atomic mass is 10.2. The lowest BCUT2D eigenvalue weighted by Crippen LogP contribution is -2.08. The summed E-state index contributed by atoms with van der Waals surface area (Å²) < 4.78 is 1.66. The van der Waals surface area contributed by atoms with Crippen molar-refractivity contribution in [1.29, 1.82) is 0 Å². The Kier molecular flexibility index (Phi) is 4.88. The van der Waals surface area contributed by atoms with E-state index in [1.807, 2.05) is 36.0 Å². The van der Waals surface area contributed by atoms with Crippen molar-refractivity contribution in [2.45, 2.75) is 25.6 Å². The van der Waals surface area contributed by atoms with Gasteiger partial charge in [-0.3, -0.25) is 0 Å². The number of nitrogens with one attached hydrogen (secondary N) is 1. The van der Waals surface area contributed by atoms with Crippen LogP contribution in [0.15, 0.2) is 24.3 Å². The highest BCUT2D eigenvalue weighted by Crippen LogP contribution is 2.31. The normalized spacial score (nSPS) is 11.4. The van der Waals surface area contributed by atoms with Gasteiger partial charge in [0.05, 0.1) is 35.4 Å². The maximum absolute atomic E-state index is 9.20. The maximum atomic E-state index is 9.20. The molecule has 2 heterocycles. The molecule has 0 aliphatic carbocycles. The fourth-order valence-electron chi connectivity index (χ4n) is 2.54. The summed E-state index contributed by atoms with van der Waals surface area (Å²) in [6, 6.07) is 7.89. The molecule has 4 N–H and O–H groups in total. The molecule has 0 spiro atoms. The lowest BCUT2D eigenvalue weighted by Gasteiger charge is -2.01. The van der Waals surface area contributed by atoms with Crippen LogP contribution >= 0.6 is 11.8 Å². The molecule has 2 aromatic heterocycles. The summed E-state index contributed by atoms with van der Waals surface area (Å²) >= 11 is 1.83. The van der Waals surface area contributed by atoms with Crippen LogP contribution < -0.4 is 5.73 Å². The Balaban J connectivity index is 2.03. The van der Waals surface area contributed by atoms with E-state index in [4.69, 9.17) is 5.73 Å². The zero-order chi connectivity index (χ0) is 16.2. The Morgan fingerprint density at radius 3 is 2.91 bits per heavy atom. The summed E-state index contributed by atoms with van der Waals surface area (Å²) in [6.45, 7) is 2.55. The first-order valence-electron chi connectivity index (χ1n) is 7.73. The number of hydrogen-bond donors (Lipinski definition) is 3. The van der Waals surface area contributed by atoms with Gasteiger partial charge in [0.15, 0.2) is 0 Å². The molecule has 0 saturated carbocycles. The van der Waals surface area contributed by atoms with Gasteiger partial charge in [0.2, 0.25) is 0 Å². The smallest absolute Gasteiger partial charge is 0.144 e. The summed E-state index contributed by atoms with van der Waals surface area (Å²) in [5, 5.41) is 13.8. The van der Waals surface area contributed by atoms with Gasteiger partial charge in [0.25, 0.3) is 0 Å². The second kappa shape index (κ2) is 7.06. The Morgan fingerprint density at radius 1 is 1.35 bits per heavy atom. The molecule has 3 rings (SSSR count). The van der Waals surface area contributed by atoms with Crippen molar-refractivity contribution < 1.29 is 5.11 Å². The van der Waals surface area contributed by atoms with Crippen LogP contribution in [-0.4, -0.2) is 37.2 Å². The Hall–Kier alpha value is -1.99. The highest BCUT2D eigenvalue weighted by atomic mass is 32.2.